The molecule has 1 rings (SSSR count). The number of nitrogens with two attached hydrogens (primary N) is 1. The summed E-state index contributed by atoms with van der Waals surface area (Å²) >= 11 is 0. The molecule has 0 bridgehead atoms. The van der Waals surface area contributed by atoms with Gasteiger partial charge in [0.2, 0.25) is 11.8 Å². The second-order valence-electron chi connectivity index (χ2n) is 4.81. The lowest BCUT2D eigenvalue weighted by Gasteiger charge is -2.29. The van der Waals surface area contributed by atoms with E-state index in [1.807, 2.05) is 0 Å². The molecular formula is C12H24ClN3O2. The van der Waals surface area contributed by atoms with Crippen LogP contribution in [-0.4, -0.2) is 43.4 Å². The van der Waals surface area contributed by atoms with Crippen LogP contribution in [0.3, 0.4) is 0 Å². The highest BCUT2D eigenvalue weighted by molar-refractivity contribution is 5.85. The third kappa shape index (κ3) is 5.23. The molecule has 18 heavy (non-hydrogen) atoms. The largest absolute Gasteiger partial charge is 0.359 e. The smallest absolute Gasteiger partial charge is 0.225 e. The Labute approximate surface area is 115 Å². The summed E-state index contributed by atoms with van der Waals surface area (Å²) in [5.41, 5.74) is 5.87. The molecule has 0 saturated heterocycles. The molecule has 0 heterocycles. The van der Waals surface area contributed by atoms with Crippen molar-refractivity contribution >= 4 is 24.2 Å². The van der Waals surface area contributed by atoms with Crippen molar-refractivity contribution in [2.24, 2.45) is 11.7 Å². The number of nitrogens with one attached hydrogen (secondary N) is 1. The topological polar surface area (TPSA) is 75.4 Å². The van der Waals surface area contributed by atoms with Crippen molar-refractivity contribution in [2.75, 3.05) is 20.6 Å². The molecule has 6 heteroatoms. The van der Waals surface area contributed by atoms with Crippen LogP contribution in [0.2, 0.25) is 0 Å². The lowest BCUT2D eigenvalue weighted by Crippen LogP contribution is -2.40. The fourth-order valence-electron chi connectivity index (χ4n) is 2.27. The Hall–Kier alpha value is -0.810. The third-order valence-corrected chi connectivity index (χ3v) is 3.39. The van der Waals surface area contributed by atoms with Gasteiger partial charge in [0.15, 0.2) is 0 Å². The first-order valence-electron chi connectivity index (χ1n) is 6.25. The van der Waals surface area contributed by atoms with Gasteiger partial charge in [-0.15, -0.1) is 12.4 Å². The minimum atomic E-state index is -0.0370. The van der Waals surface area contributed by atoms with E-state index in [9.17, 15) is 9.59 Å². The van der Waals surface area contributed by atoms with Gasteiger partial charge in [-0.2, -0.15) is 0 Å². The van der Waals surface area contributed by atoms with E-state index >= 15 is 0 Å². The van der Waals surface area contributed by atoms with Gasteiger partial charge in [-0.1, -0.05) is 6.42 Å². The number of carbonyl (C=O) groups excluding carboxylic acids is 2. The first-order valence-corrected chi connectivity index (χ1v) is 6.25. The molecule has 1 saturated carbocycles. The molecule has 2 unspecified atom stereocenters. The molecule has 0 spiro atoms. The Kier molecular flexibility index (Phi) is 7.95. The zero-order chi connectivity index (χ0) is 12.8. The molecule has 0 aromatic rings. The Morgan fingerprint density at radius 2 is 2.06 bits per heavy atom. The SMILES string of the molecule is CNC(=O)CCN(C)C(=O)C1CCCC(N)C1.Cl. The molecule has 1 aliphatic rings. The molecule has 2 amide bonds. The van der Waals surface area contributed by atoms with Crippen LogP contribution in [0, 0.1) is 5.92 Å². The highest BCUT2D eigenvalue weighted by atomic mass is 35.5. The number of rotatable bonds is 4. The number of hydrogen-bond donors (Lipinski definition) is 2. The first kappa shape index (κ1) is 17.2. The summed E-state index contributed by atoms with van der Waals surface area (Å²) in [6, 6.07) is 0.157. The summed E-state index contributed by atoms with van der Waals surface area (Å²) in [5, 5.41) is 2.55. The predicted molar refractivity (Wildman–Crippen MR) is 73.5 cm³/mol. The van der Waals surface area contributed by atoms with Gasteiger partial charge in [0.05, 0.1) is 0 Å². The van der Waals surface area contributed by atoms with Crippen LogP contribution in [0.25, 0.3) is 0 Å². The summed E-state index contributed by atoms with van der Waals surface area (Å²) < 4.78 is 0. The molecular weight excluding hydrogens is 254 g/mol. The quantitative estimate of drug-likeness (QED) is 0.787. The van der Waals surface area contributed by atoms with Gasteiger partial charge in [-0.25, -0.2) is 0 Å². The lowest BCUT2D eigenvalue weighted by atomic mass is 9.85. The molecule has 106 valence electrons. The number of hydrogen-bond acceptors (Lipinski definition) is 3. The normalized spacial score (nSPS) is 22.8. The van der Waals surface area contributed by atoms with Crippen molar-refractivity contribution in [2.45, 2.75) is 38.1 Å². The Balaban J connectivity index is 0.00000289. The standard InChI is InChI=1S/C12H23N3O2.ClH/c1-14-11(16)6-7-15(2)12(17)9-4-3-5-10(13)8-9;/h9-10H,3-8,13H2,1-2H3,(H,14,16);1H. The van der Waals surface area contributed by atoms with Crippen LogP contribution in [-0.2, 0) is 9.59 Å². The molecule has 0 aliphatic heterocycles. The Morgan fingerprint density at radius 3 is 2.61 bits per heavy atom. The van der Waals surface area contributed by atoms with Crippen molar-refractivity contribution in [3.63, 3.8) is 0 Å². The highest BCUT2D eigenvalue weighted by Crippen LogP contribution is 2.24. The molecule has 0 radical (unpaired) electrons. The van der Waals surface area contributed by atoms with E-state index in [4.69, 9.17) is 5.73 Å². The maximum atomic E-state index is 12.1. The van der Waals surface area contributed by atoms with Gasteiger partial charge in [-0.3, -0.25) is 9.59 Å². The van der Waals surface area contributed by atoms with Crippen LogP contribution < -0.4 is 11.1 Å². The monoisotopic (exact) mass is 277 g/mol. The van der Waals surface area contributed by atoms with Crippen molar-refractivity contribution in [1.82, 2.24) is 10.2 Å². The Bertz CT molecular complexity index is 286. The fourth-order valence-corrected chi connectivity index (χ4v) is 2.27. The summed E-state index contributed by atoms with van der Waals surface area (Å²) in [6.07, 6.45) is 4.12. The molecule has 1 aliphatic carbocycles. The van der Waals surface area contributed by atoms with E-state index < -0.39 is 0 Å². The molecule has 3 N–H and O–H groups in total. The van der Waals surface area contributed by atoms with Crippen molar-refractivity contribution in [1.29, 1.82) is 0 Å². The zero-order valence-electron chi connectivity index (χ0n) is 11.1. The van der Waals surface area contributed by atoms with Crippen LogP contribution in [0.1, 0.15) is 32.1 Å². The summed E-state index contributed by atoms with van der Waals surface area (Å²) in [6.45, 7) is 0.476. The minimum absolute atomic E-state index is 0. The van der Waals surface area contributed by atoms with Crippen LogP contribution in [0.5, 0.6) is 0 Å². The van der Waals surface area contributed by atoms with Crippen molar-refractivity contribution in [3.05, 3.63) is 0 Å². The summed E-state index contributed by atoms with van der Waals surface area (Å²) in [7, 11) is 3.36. The summed E-state index contributed by atoms with van der Waals surface area (Å²) in [4.78, 5) is 24.8. The van der Waals surface area contributed by atoms with Gasteiger partial charge in [-0.05, 0) is 19.3 Å². The molecule has 1 fully saturated rings. The van der Waals surface area contributed by atoms with E-state index in [2.05, 4.69) is 5.32 Å². The van der Waals surface area contributed by atoms with E-state index in [1.54, 1.807) is 19.0 Å². The highest BCUT2D eigenvalue weighted by Gasteiger charge is 2.27. The van der Waals surface area contributed by atoms with Gasteiger partial charge in [0.25, 0.3) is 0 Å². The fraction of sp³-hybridized carbons (Fsp3) is 0.833. The second-order valence-corrected chi connectivity index (χ2v) is 4.81. The van der Waals surface area contributed by atoms with Gasteiger partial charge < -0.3 is 16.0 Å². The van der Waals surface area contributed by atoms with E-state index in [0.717, 1.165) is 25.7 Å². The lowest BCUT2D eigenvalue weighted by molar-refractivity contribution is -0.135. The number of halogens is 1. The maximum Gasteiger partial charge on any atom is 0.225 e. The average Bonchev–Trinajstić information content (AvgIpc) is 2.34. The molecule has 0 aromatic heterocycles. The van der Waals surface area contributed by atoms with E-state index in [0.29, 0.717) is 13.0 Å². The van der Waals surface area contributed by atoms with Gasteiger partial charge in [0.1, 0.15) is 0 Å². The number of nitrogens with zero attached hydrogens (tertiary/aromatic N) is 1. The zero-order valence-corrected chi connectivity index (χ0v) is 12.0. The van der Waals surface area contributed by atoms with Crippen LogP contribution in [0.15, 0.2) is 0 Å². The van der Waals surface area contributed by atoms with Crippen molar-refractivity contribution < 1.29 is 9.59 Å². The number of carbonyl (C=O) groups is 2. The molecule has 0 aromatic carbocycles. The van der Waals surface area contributed by atoms with Crippen molar-refractivity contribution in [3.8, 4) is 0 Å². The average molecular weight is 278 g/mol. The second kappa shape index (κ2) is 8.32. The maximum absolute atomic E-state index is 12.1. The van der Waals surface area contributed by atoms with E-state index in [-0.39, 0.29) is 36.2 Å². The molecule has 2 atom stereocenters. The van der Waals surface area contributed by atoms with Crippen LogP contribution in [0.4, 0.5) is 0 Å². The van der Waals surface area contributed by atoms with E-state index in [1.165, 1.54) is 0 Å². The molecule has 5 nitrogen and oxygen atoms in total. The summed E-state index contributed by atoms with van der Waals surface area (Å²) in [5.74, 6) is 0.141. The van der Waals surface area contributed by atoms with Crippen LogP contribution >= 0.6 is 12.4 Å². The van der Waals surface area contributed by atoms with Gasteiger partial charge in [0, 0.05) is 39.0 Å². The Morgan fingerprint density at radius 1 is 1.39 bits per heavy atom. The predicted octanol–water partition coefficient (Wildman–Crippen LogP) is 0.520. The first-order chi connectivity index (χ1) is 8.04. The number of amides is 2. The minimum Gasteiger partial charge on any atom is -0.359 e. The third-order valence-electron chi connectivity index (χ3n) is 3.39. The van der Waals surface area contributed by atoms with Gasteiger partial charge >= 0.3 is 0 Å².